The Kier molecular flexibility index (Phi) is 4.59. The Hall–Kier alpha value is -0.220. The van der Waals surface area contributed by atoms with Gasteiger partial charge in [-0.05, 0) is 24.8 Å². The van der Waals surface area contributed by atoms with Crippen LogP contribution in [0.5, 0.6) is 0 Å². The van der Waals surface area contributed by atoms with E-state index in [0.29, 0.717) is 5.25 Å². The van der Waals surface area contributed by atoms with Crippen molar-refractivity contribution in [2.45, 2.75) is 37.4 Å². The molecule has 0 aromatic heterocycles. The van der Waals surface area contributed by atoms with E-state index in [1.165, 1.54) is 32.1 Å². The summed E-state index contributed by atoms with van der Waals surface area (Å²) >= 11 is 1.58. The second-order valence-electron chi connectivity index (χ2n) is 3.41. The lowest BCUT2D eigenvalue weighted by molar-refractivity contribution is -0.128. The highest BCUT2D eigenvalue weighted by Gasteiger charge is 2.18. The second kappa shape index (κ2) is 5.50. The van der Waals surface area contributed by atoms with E-state index in [9.17, 15) is 4.79 Å². The van der Waals surface area contributed by atoms with Crippen molar-refractivity contribution in [3.05, 3.63) is 0 Å². The van der Waals surface area contributed by atoms with Gasteiger partial charge >= 0.3 is 0 Å². The maximum Gasteiger partial charge on any atom is 0.257 e. The van der Waals surface area contributed by atoms with Gasteiger partial charge in [0.2, 0.25) is 0 Å². The van der Waals surface area contributed by atoms with E-state index in [0.717, 1.165) is 0 Å². The highest BCUT2D eigenvalue weighted by molar-refractivity contribution is 7.98. The van der Waals surface area contributed by atoms with Crippen molar-refractivity contribution in [2.24, 2.45) is 0 Å². The molecule has 0 saturated heterocycles. The molecule has 0 atom stereocenters. The molecule has 0 unspecified atom stereocenters. The summed E-state index contributed by atoms with van der Waals surface area (Å²) in [7, 11) is 1.73. The van der Waals surface area contributed by atoms with E-state index in [1.54, 1.807) is 23.3 Å². The zero-order valence-electron chi connectivity index (χ0n) is 8.03. The number of aliphatic hydroxyl groups excluding tert-OH is 1. The quantitative estimate of drug-likeness (QED) is 0.705. The van der Waals surface area contributed by atoms with Gasteiger partial charge in [0.1, 0.15) is 6.61 Å². The highest BCUT2D eigenvalue weighted by atomic mass is 32.2. The number of hydrogen-bond donors (Lipinski definition) is 1. The summed E-state index contributed by atoms with van der Waals surface area (Å²) in [6.07, 6.45) is 6.29. The largest absolute Gasteiger partial charge is 0.386 e. The van der Waals surface area contributed by atoms with Crippen molar-refractivity contribution >= 4 is 17.9 Å². The predicted molar refractivity (Wildman–Crippen MR) is 54.3 cm³/mol. The normalized spacial score (nSPS) is 18.6. The Morgan fingerprint density at radius 1 is 1.46 bits per heavy atom. The molecule has 0 aromatic rings. The lowest BCUT2D eigenvalue weighted by Crippen LogP contribution is -2.26. The number of hydrogen-bond acceptors (Lipinski definition) is 3. The molecule has 1 fully saturated rings. The SMILES string of the molecule is CN(SC1CCCCC1)C(=O)CO. The summed E-state index contributed by atoms with van der Waals surface area (Å²) in [6.45, 7) is -0.379. The smallest absolute Gasteiger partial charge is 0.257 e. The maximum absolute atomic E-state index is 11.0. The second-order valence-corrected chi connectivity index (χ2v) is 4.84. The van der Waals surface area contributed by atoms with Gasteiger partial charge in [-0.2, -0.15) is 0 Å². The van der Waals surface area contributed by atoms with Gasteiger partial charge in [-0.3, -0.25) is 9.10 Å². The minimum absolute atomic E-state index is 0.199. The summed E-state index contributed by atoms with van der Waals surface area (Å²) in [4.78, 5) is 11.0. The number of carbonyl (C=O) groups excluding carboxylic acids is 1. The number of rotatable bonds is 3. The number of likely N-dealkylation sites (N-methyl/N-ethyl adjacent to an activating group) is 1. The Bertz CT molecular complexity index is 169. The molecule has 0 radical (unpaired) electrons. The van der Waals surface area contributed by atoms with Gasteiger partial charge < -0.3 is 5.11 Å². The standard InChI is InChI=1S/C9H17NO2S/c1-10(9(12)7-11)13-8-5-3-2-4-6-8/h8,11H,2-7H2,1H3. The fraction of sp³-hybridized carbons (Fsp3) is 0.889. The molecule has 1 N–H and O–H groups in total. The van der Waals surface area contributed by atoms with Gasteiger partial charge in [-0.15, -0.1) is 0 Å². The topological polar surface area (TPSA) is 40.5 Å². The molecule has 4 heteroatoms. The summed E-state index contributed by atoms with van der Waals surface area (Å²) < 4.78 is 1.57. The van der Waals surface area contributed by atoms with Crippen molar-refractivity contribution in [3.63, 3.8) is 0 Å². The van der Waals surface area contributed by atoms with Crippen molar-refractivity contribution in [1.82, 2.24) is 4.31 Å². The van der Waals surface area contributed by atoms with E-state index >= 15 is 0 Å². The lowest BCUT2D eigenvalue weighted by Gasteiger charge is -2.25. The number of amides is 1. The molecule has 0 bridgehead atoms. The van der Waals surface area contributed by atoms with E-state index in [2.05, 4.69) is 0 Å². The molecule has 0 heterocycles. The Labute approximate surface area is 83.6 Å². The van der Waals surface area contributed by atoms with Gasteiger partial charge in [0.25, 0.3) is 5.91 Å². The van der Waals surface area contributed by atoms with Crippen LogP contribution in [-0.4, -0.2) is 34.2 Å². The van der Waals surface area contributed by atoms with Crippen molar-refractivity contribution < 1.29 is 9.90 Å². The van der Waals surface area contributed by atoms with E-state index < -0.39 is 0 Å². The third-order valence-corrected chi connectivity index (χ3v) is 3.64. The molecule has 13 heavy (non-hydrogen) atoms. The summed E-state index contributed by atoms with van der Waals surface area (Å²) in [5, 5.41) is 9.21. The fourth-order valence-electron chi connectivity index (χ4n) is 1.55. The molecule has 1 aliphatic carbocycles. The fourth-order valence-corrected chi connectivity index (χ4v) is 2.72. The van der Waals surface area contributed by atoms with Gasteiger partial charge in [0.05, 0.1) is 0 Å². The lowest BCUT2D eigenvalue weighted by atomic mass is 10.0. The van der Waals surface area contributed by atoms with Crippen molar-refractivity contribution in [2.75, 3.05) is 13.7 Å². The molecule has 0 aliphatic heterocycles. The molecule has 0 aromatic carbocycles. The average Bonchev–Trinajstić information content (AvgIpc) is 2.18. The number of aliphatic hydroxyl groups is 1. The minimum atomic E-state index is -0.379. The molecular weight excluding hydrogens is 186 g/mol. The first-order valence-electron chi connectivity index (χ1n) is 4.78. The number of carbonyl (C=O) groups is 1. The van der Waals surface area contributed by atoms with Gasteiger partial charge in [-0.1, -0.05) is 19.3 Å². The maximum atomic E-state index is 11.0. The first kappa shape index (κ1) is 10.9. The minimum Gasteiger partial charge on any atom is -0.386 e. The molecule has 3 nitrogen and oxygen atoms in total. The molecular formula is C9H17NO2S. The van der Waals surface area contributed by atoms with E-state index in [-0.39, 0.29) is 12.5 Å². The Morgan fingerprint density at radius 3 is 2.62 bits per heavy atom. The van der Waals surface area contributed by atoms with Crippen LogP contribution in [0.3, 0.4) is 0 Å². The van der Waals surface area contributed by atoms with Gasteiger partial charge in [-0.25, -0.2) is 0 Å². The van der Waals surface area contributed by atoms with Crippen LogP contribution in [0.4, 0.5) is 0 Å². The van der Waals surface area contributed by atoms with Crippen LogP contribution in [0.25, 0.3) is 0 Å². The summed E-state index contributed by atoms with van der Waals surface area (Å²) in [6, 6.07) is 0. The Balaban J connectivity index is 2.25. The van der Waals surface area contributed by atoms with Crippen LogP contribution >= 0.6 is 11.9 Å². The number of nitrogens with zero attached hydrogens (tertiary/aromatic N) is 1. The molecule has 1 aliphatic rings. The van der Waals surface area contributed by atoms with E-state index in [4.69, 9.17) is 5.11 Å². The average molecular weight is 203 g/mol. The predicted octanol–water partition coefficient (Wildman–Crippen LogP) is 1.42. The third-order valence-electron chi connectivity index (χ3n) is 2.35. The van der Waals surface area contributed by atoms with Crippen molar-refractivity contribution in [1.29, 1.82) is 0 Å². The van der Waals surface area contributed by atoms with Crippen molar-refractivity contribution in [3.8, 4) is 0 Å². The van der Waals surface area contributed by atoms with E-state index in [1.807, 2.05) is 0 Å². The van der Waals surface area contributed by atoms with Crippen LogP contribution in [0.15, 0.2) is 0 Å². The summed E-state index contributed by atoms with van der Waals surface area (Å²) in [5.41, 5.74) is 0. The zero-order chi connectivity index (χ0) is 9.68. The first-order valence-corrected chi connectivity index (χ1v) is 5.62. The summed E-state index contributed by atoms with van der Waals surface area (Å²) in [5.74, 6) is -0.199. The Morgan fingerprint density at radius 2 is 2.08 bits per heavy atom. The highest BCUT2D eigenvalue weighted by Crippen LogP contribution is 2.29. The molecule has 1 amide bonds. The third kappa shape index (κ3) is 3.56. The monoisotopic (exact) mass is 203 g/mol. The van der Waals surface area contributed by atoms with Crippen LogP contribution in [0.2, 0.25) is 0 Å². The van der Waals surface area contributed by atoms with Gasteiger partial charge in [0, 0.05) is 12.3 Å². The zero-order valence-corrected chi connectivity index (χ0v) is 8.85. The van der Waals surface area contributed by atoms with Crippen LogP contribution < -0.4 is 0 Å². The molecule has 1 saturated carbocycles. The molecule has 1 rings (SSSR count). The van der Waals surface area contributed by atoms with Crippen LogP contribution in [0.1, 0.15) is 32.1 Å². The van der Waals surface area contributed by atoms with Crippen LogP contribution in [0, 0.1) is 0 Å². The first-order chi connectivity index (χ1) is 6.24. The molecule has 76 valence electrons. The van der Waals surface area contributed by atoms with Crippen LogP contribution in [-0.2, 0) is 4.79 Å². The molecule has 0 spiro atoms. The van der Waals surface area contributed by atoms with Gasteiger partial charge in [0.15, 0.2) is 0 Å².